The first-order valence-electron chi connectivity index (χ1n) is 6.83. The molecule has 4 heteroatoms. The largest absolute Gasteiger partial charge is 0.469 e. The summed E-state index contributed by atoms with van der Waals surface area (Å²) >= 11 is 0. The highest BCUT2D eigenvalue weighted by molar-refractivity contribution is 5.99. The predicted molar refractivity (Wildman–Crippen MR) is 79.9 cm³/mol. The third kappa shape index (κ3) is 3.88. The summed E-state index contributed by atoms with van der Waals surface area (Å²) in [7, 11) is 0. The summed E-state index contributed by atoms with van der Waals surface area (Å²) in [5, 5.41) is 6.19. The first kappa shape index (κ1) is 14.2. The van der Waals surface area contributed by atoms with Crippen LogP contribution in [-0.2, 0) is 6.42 Å². The van der Waals surface area contributed by atoms with E-state index in [1.807, 2.05) is 50.2 Å². The Labute approximate surface area is 119 Å². The van der Waals surface area contributed by atoms with Gasteiger partial charge < -0.3 is 15.1 Å². The standard InChI is InChI=1S/C16H20N2O2/c1-12(2)18-15-8-4-3-7-14(15)16(19)17-10-9-13-6-5-11-20-13/h3-8,11-12,18H,9-10H2,1-2H3,(H,17,19). The number of nitrogens with one attached hydrogen (secondary N) is 2. The Balaban J connectivity index is 1.94. The van der Waals surface area contributed by atoms with Crippen LogP contribution in [-0.4, -0.2) is 18.5 Å². The molecule has 0 bridgehead atoms. The smallest absolute Gasteiger partial charge is 0.253 e. The van der Waals surface area contributed by atoms with Crippen molar-refractivity contribution in [1.82, 2.24) is 5.32 Å². The SMILES string of the molecule is CC(C)Nc1ccccc1C(=O)NCCc1ccco1. The van der Waals surface area contributed by atoms with E-state index < -0.39 is 0 Å². The van der Waals surface area contributed by atoms with Crippen LogP contribution in [0.15, 0.2) is 47.1 Å². The van der Waals surface area contributed by atoms with Crippen molar-refractivity contribution in [3.05, 3.63) is 54.0 Å². The Kier molecular flexibility index (Phi) is 4.82. The van der Waals surface area contributed by atoms with Gasteiger partial charge in [0.1, 0.15) is 5.76 Å². The van der Waals surface area contributed by atoms with Gasteiger partial charge in [0.2, 0.25) is 0 Å². The van der Waals surface area contributed by atoms with Gasteiger partial charge in [-0.3, -0.25) is 4.79 Å². The quantitative estimate of drug-likeness (QED) is 0.849. The maximum Gasteiger partial charge on any atom is 0.253 e. The van der Waals surface area contributed by atoms with Crippen molar-refractivity contribution in [1.29, 1.82) is 0 Å². The Morgan fingerprint density at radius 3 is 2.70 bits per heavy atom. The van der Waals surface area contributed by atoms with E-state index >= 15 is 0 Å². The summed E-state index contributed by atoms with van der Waals surface area (Å²) in [6, 6.07) is 11.6. The van der Waals surface area contributed by atoms with Crippen LogP contribution in [0, 0.1) is 0 Å². The fourth-order valence-corrected chi connectivity index (χ4v) is 1.97. The van der Waals surface area contributed by atoms with Crippen molar-refractivity contribution in [2.75, 3.05) is 11.9 Å². The summed E-state index contributed by atoms with van der Waals surface area (Å²) < 4.78 is 5.23. The monoisotopic (exact) mass is 272 g/mol. The molecule has 0 aliphatic carbocycles. The molecule has 0 spiro atoms. The fraction of sp³-hybridized carbons (Fsp3) is 0.312. The van der Waals surface area contributed by atoms with Crippen LogP contribution in [0.4, 0.5) is 5.69 Å². The molecular weight excluding hydrogens is 252 g/mol. The molecule has 0 unspecified atom stereocenters. The highest BCUT2D eigenvalue weighted by Crippen LogP contribution is 2.15. The Morgan fingerprint density at radius 1 is 1.20 bits per heavy atom. The van der Waals surface area contributed by atoms with Gasteiger partial charge in [-0.2, -0.15) is 0 Å². The lowest BCUT2D eigenvalue weighted by atomic mass is 10.1. The summed E-state index contributed by atoms with van der Waals surface area (Å²) in [4.78, 5) is 12.2. The highest BCUT2D eigenvalue weighted by atomic mass is 16.3. The van der Waals surface area contributed by atoms with E-state index in [0.717, 1.165) is 11.4 Å². The van der Waals surface area contributed by atoms with Gasteiger partial charge in [0.15, 0.2) is 0 Å². The minimum Gasteiger partial charge on any atom is -0.469 e. The van der Waals surface area contributed by atoms with Gasteiger partial charge in [-0.1, -0.05) is 12.1 Å². The maximum atomic E-state index is 12.2. The molecule has 0 saturated carbocycles. The number of para-hydroxylation sites is 1. The lowest BCUT2D eigenvalue weighted by molar-refractivity contribution is 0.0954. The summed E-state index contributed by atoms with van der Waals surface area (Å²) in [5.41, 5.74) is 1.53. The zero-order valence-electron chi connectivity index (χ0n) is 11.8. The second kappa shape index (κ2) is 6.80. The number of hydrogen-bond acceptors (Lipinski definition) is 3. The van der Waals surface area contributed by atoms with Crippen molar-refractivity contribution < 1.29 is 9.21 Å². The lowest BCUT2D eigenvalue weighted by Crippen LogP contribution is -2.27. The number of rotatable bonds is 6. The molecule has 1 amide bonds. The number of furan rings is 1. The van der Waals surface area contributed by atoms with E-state index in [0.29, 0.717) is 18.5 Å². The topological polar surface area (TPSA) is 54.3 Å². The molecule has 106 valence electrons. The molecule has 1 aromatic carbocycles. The molecule has 4 nitrogen and oxygen atoms in total. The van der Waals surface area contributed by atoms with Crippen LogP contribution in [0.25, 0.3) is 0 Å². The highest BCUT2D eigenvalue weighted by Gasteiger charge is 2.11. The van der Waals surface area contributed by atoms with E-state index in [9.17, 15) is 4.79 Å². The molecule has 0 aliphatic heterocycles. The minimum atomic E-state index is -0.0692. The zero-order valence-corrected chi connectivity index (χ0v) is 11.8. The third-order valence-electron chi connectivity index (χ3n) is 2.85. The third-order valence-corrected chi connectivity index (χ3v) is 2.85. The molecule has 0 fully saturated rings. The van der Waals surface area contributed by atoms with E-state index in [-0.39, 0.29) is 11.9 Å². The van der Waals surface area contributed by atoms with Gasteiger partial charge in [0, 0.05) is 24.7 Å². The number of amides is 1. The maximum absolute atomic E-state index is 12.2. The predicted octanol–water partition coefficient (Wildman–Crippen LogP) is 3.07. The van der Waals surface area contributed by atoms with Crippen molar-refractivity contribution >= 4 is 11.6 Å². The molecule has 0 atom stereocenters. The second-order valence-electron chi connectivity index (χ2n) is 4.93. The van der Waals surface area contributed by atoms with Gasteiger partial charge >= 0.3 is 0 Å². The zero-order chi connectivity index (χ0) is 14.4. The number of carbonyl (C=O) groups excluding carboxylic acids is 1. The Hall–Kier alpha value is -2.23. The van der Waals surface area contributed by atoms with E-state index in [1.54, 1.807) is 6.26 Å². The molecule has 2 rings (SSSR count). The first-order chi connectivity index (χ1) is 9.66. The van der Waals surface area contributed by atoms with Crippen LogP contribution < -0.4 is 10.6 Å². The van der Waals surface area contributed by atoms with Crippen LogP contribution in [0.3, 0.4) is 0 Å². The van der Waals surface area contributed by atoms with Crippen molar-refractivity contribution in [3.8, 4) is 0 Å². The number of carbonyl (C=O) groups is 1. The van der Waals surface area contributed by atoms with E-state index in [4.69, 9.17) is 4.42 Å². The number of anilines is 1. The van der Waals surface area contributed by atoms with Crippen molar-refractivity contribution in [2.45, 2.75) is 26.3 Å². The molecule has 0 aliphatic rings. The Bertz CT molecular complexity index is 547. The van der Waals surface area contributed by atoms with E-state index in [2.05, 4.69) is 10.6 Å². The first-order valence-corrected chi connectivity index (χ1v) is 6.83. The normalized spacial score (nSPS) is 10.6. The minimum absolute atomic E-state index is 0.0692. The van der Waals surface area contributed by atoms with E-state index in [1.165, 1.54) is 0 Å². The summed E-state index contributed by atoms with van der Waals surface area (Å²) in [5.74, 6) is 0.805. The summed E-state index contributed by atoms with van der Waals surface area (Å²) in [6.07, 6.45) is 2.33. The van der Waals surface area contributed by atoms with Crippen LogP contribution in [0.5, 0.6) is 0 Å². The molecule has 2 aromatic rings. The second-order valence-corrected chi connectivity index (χ2v) is 4.93. The van der Waals surface area contributed by atoms with Crippen LogP contribution in [0.2, 0.25) is 0 Å². The molecule has 1 heterocycles. The van der Waals surface area contributed by atoms with Gasteiger partial charge in [-0.05, 0) is 38.1 Å². The molecule has 2 N–H and O–H groups in total. The lowest BCUT2D eigenvalue weighted by Gasteiger charge is -2.14. The van der Waals surface area contributed by atoms with Crippen molar-refractivity contribution in [3.63, 3.8) is 0 Å². The van der Waals surface area contributed by atoms with Crippen LogP contribution >= 0.6 is 0 Å². The molecule has 20 heavy (non-hydrogen) atoms. The van der Waals surface area contributed by atoms with Gasteiger partial charge in [-0.15, -0.1) is 0 Å². The Morgan fingerprint density at radius 2 is 2.00 bits per heavy atom. The van der Waals surface area contributed by atoms with Crippen molar-refractivity contribution in [2.24, 2.45) is 0 Å². The van der Waals surface area contributed by atoms with Gasteiger partial charge in [0.05, 0.1) is 11.8 Å². The number of hydrogen-bond donors (Lipinski definition) is 2. The average molecular weight is 272 g/mol. The molecule has 1 aromatic heterocycles. The van der Waals surface area contributed by atoms with Gasteiger partial charge in [-0.25, -0.2) is 0 Å². The number of benzene rings is 1. The van der Waals surface area contributed by atoms with Crippen LogP contribution in [0.1, 0.15) is 30.0 Å². The molecule has 0 radical (unpaired) electrons. The fourth-order valence-electron chi connectivity index (χ4n) is 1.97. The average Bonchev–Trinajstić information content (AvgIpc) is 2.91. The van der Waals surface area contributed by atoms with Gasteiger partial charge in [0.25, 0.3) is 5.91 Å². The molecular formula is C16H20N2O2. The molecule has 0 saturated heterocycles. The summed E-state index contributed by atoms with van der Waals surface area (Å²) in [6.45, 7) is 4.65.